The van der Waals surface area contributed by atoms with Crippen LogP contribution < -0.4 is 5.73 Å². The lowest BCUT2D eigenvalue weighted by Crippen LogP contribution is -1.86. The number of hydrogen-bond acceptors (Lipinski definition) is 3. The van der Waals surface area contributed by atoms with Gasteiger partial charge >= 0.3 is 0 Å². The van der Waals surface area contributed by atoms with Crippen molar-refractivity contribution in [2.24, 2.45) is 0 Å². The molecule has 0 aliphatic rings. The van der Waals surface area contributed by atoms with Gasteiger partial charge in [-0.15, -0.1) is 22.9 Å². The number of halogens is 1. The number of hydrogen-bond donors (Lipinski definition) is 1. The van der Waals surface area contributed by atoms with E-state index in [0.29, 0.717) is 17.1 Å². The van der Waals surface area contributed by atoms with Gasteiger partial charge in [-0.25, -0.2) is 0 Å². The molecule has 0 aliphatic carbocycles. The Morgan fingerprint density at radius 3 is 2.93 bits per heavy atom. The molecule has 1 aromatic carbocycles. The molecule has 2 N–H and O–H groups in total. The van der Waals surface area contributed by atoms with Crippen LogP contribution in [-0.2, 0) is 5.88 Å². The van der Waals surface area contributed by atoms with Crippen molar-refractivity contribution in [3.8, 4) is 0 Å². The summed E-state index contributed by atoms with van der Waals surface area (Å²) >= 11 is 7.23. The molecule has 0 bridgehead atoms. The van der Waals surface area contributed by atoms with Gasteiger partial charge in [-0.3, -0.25) is 4.79 Å². The highest BCUT2D eigenvalue weighted by Crippen LogP contribution is 2.35. The highest BCUT2D eigenvalue weighted by Gasteiger charge is 2.10. The molecule has 4 heteroatoms. The summed E-state index contributed by atoms with van der Waals surface area (Å²) in [5.74, 6) is 0.392. The van der Waals surface area contributed by atoms with E-state index in [-0.39, 0.29) is 0 Å². The van der Waals surface area contributed by atoms with Gasteiger partial charge in [-0.2, -0.15) is 0 Å². The third kappa shape index (κ3) is 1.29. The number of nitrogen functional groups attached to an aromatic ring is 1. The fraction of sp³-hybridized carbons (Fsp3) is 0.100. The van der Waals surface area contributed by atoms with E-state index in [1.165, 1.54) is 11.3 Å². The maximum absolute atomic E-state index is 10.8. The molecule has 14 heavy (non-hydrogen) atoms. The van der Waals surface area contributed by atoms with Gasteiger partial charge in [0.25, 0.3) is 0 Å². The van der Waals surface area contributed by atoms with Gasteiger partial charge in [0.1, 0.15) is 0 Å². The largest absolute Gasteiger partial charge is 0.397 e. The molecule has 0 unspecified atom stereocenters. The molecule has 0 fully saturated rings. The number of rotatable bonds is 2. The molecule has 1 heterocycles. The first-order valence-electron chi connectivity index (χ1n) is 4.09. The van der Waals surface area contributed by atoms with Gasteiger partial charge in [-0.05, 0) is 0 Å². The van der Waals surface area contributed by atoms with Crippen molar-refractivity contribution in [2.75, 3.05) is 5.73 Å². The Morgan fingerprint density at radius 2 is 2.29 bits per heavy atom. The molecule has 0 radical (unpaired) electrons. The van der Waals surface area contributed by atoms with Gasteiger partial charge in [-0.1, -0.05) is 18.2 Å². The average Bonchev–Trinajstić information content (AvgIpc) is 2.55. The number of nitrogens with two attached hydrogens (primary N) is 1. The summed E-state index contributed by atoms with van der Waals surface area (Å²) in [7, 11) is 0. The molecule has 0 amide bonds. The van der Waals surface area contributed by atoms with Gasteiger partial charge in [0.2, 0.25) is 0 Å². The maximum atomic E-state index is 10.8. The number of carbonyl (C=O) groups is 1. The van der Waals surface area contributed by atoms with Crippen molar-refractivity contribution in [1.29, 1.82) is 0 Å². The van der Waals surface area contributed by atoms with Crippen LogP contribution in [-0.4, -0.2) is 6.29 Å². The van der Waals surface area contributed by atoms with Crippen molar-refractivity contribution < 1.29 is 4.79 Å². The summed E-state index contributed by atoms with van der Waals surface area (Å²) in [5.41, 5.74) is 7.26. The minimum absolute atomic E-state index is 0.392. The highest BCUT2D eigenvalue weighted by atomic mass is 35.5. The Bertz CT molecular complexity index is 492. The molecular weight excluding hydrogens is 218 g/mol. The number of anilines is 1. The Morgan fingerprint density at radius 1 is 1.50 bits per heavy atom. The molecule has 72 valence electrons. The van der Waals surface area contributed by atoms with Crippen LogP contribution in [0.15, 0.2) is 18.2 Å². The Kier molecular flexibility index (Phi) is 2.44. The maximum Gasteiger partial charge on any atom is 0.151 e. The van der Waals surface area contributed by atoms with Crippen molar-refractivity contribution in [1.82, 2.24) is 0 Å². The molecule has 0 saturated heterocycles. The van der Waals surface area contributed by atoms with Gasteiger partial charge < -0.3 is 5.73 Å². The normalized spacial score (nSPS) is 10.6. The van der Waals surface area contributed by atoms with Crippen LogP contribution in [0.25, 0.3) is 10.1 Å². The van der Waals surface area contributed by atoms with E-state index in [2.05, 4.69) is 0 Å². The first-order valence-corrected chi connectivity index (χ1v) is 5.44. The first-order chi connectivity index (χ1) is 6.77. The Hall–Kier alpha value is -1.06. The van der Waals surface area contributed by atoms with E-state index in [4.69, 9.17) is 17.3 Å². The summed E-state index contributed by atoms with van der Waals surface area (Å²) in [6.07, 6.45) is 0.844. The second kappa shape index (κ2) is 3.59. The van der Waals surface area contributed by atoms with Crippen molar-refractivity contribution in [2.45, 2.75) is 5.88 Å². The fourth-order valence-corrected chi connectivity index (χ4v) is 2.75. The van der Waals surface area contributed by atoms with E-state index in [9.17, 15) is 4.79 Å². The number of carbonyl (C=O) groups excluding carboxylic acids is 1. The third-order valence-corrected chi connectivity index (χ3v) is 3.81. The summed E-state index contributed by atoms with van der Waals surface area (Å²) in [4.78, 5) is 11.7. The van der Waals surface area contributed by atoms with E-state index >= 15 is 0 Å². The van der Waals surface area contributed by atoms with E-state index in [1.54, 1.807) is 6.07 Å². The minimum Gasteiger partial charge on any atom is -0.397 e. The Balaban J connectivity index is 2.83. The molecule has 0 saturated carbocycles. The third-order valence-electron chi connectivity index (χ3n) is 2.11. The zero-order valence-electron chi connectivity index (χ0n) is 7.29. The molecule has 2 nitrogen and oxygen atoms in total. The number of benzene rings is 1. The van der Waals surface area contributed by atoms with Crippen LogP contribution in [0.3, 0.4) is 0 Å². The first kappa shape index (κ1) is 9.49. The molecule has 0 aliphatic heterocycles. The predicted molar refractivity (Wildman–Crippen MR) is 61.2 cm³/mol. The fourth-order valence-electron chi connectivity index (χ4n) is 1.40. The van der Waals surface area contributed by atoms with Gasteiger partial charge in [0, 0.05) is 20.5 Å². The number of fused-ring (bicyclic) bond motifs is 1. The topological polar surface area (TPSA) is 43.1 Å². The SMILES string of the molecule is Nc1c(CCl)sc2c(C=O)cccc12. The van der Waals surface area contributed by atoms with Crippen molar-refractivity contribution in [3.05, 3.63) is 28.6 Å². The summed E-state index contributed by atoms with van der Waals surface area (Å²) in [5, 5.41) is 0.926. The lowest BCUT2D eigenvalue weighted by atomic mass is 10.1. The van der Waals surface area contributed by atoms with E-state index in [0.717, 1.165) is 21.2 Å². The summed E-state index contributed by atoms with van der Waals surface area (Å²) in [6, 6.07) is 5.51. The van der Waals surface area contributed by atoms with Crippen LogP contribution in [0.5, 0.6) is 0 Å². The van der Waals surface area contributed by atoms with Crippen molar-refractivity contribution >= 4 is 45.0 Å². The number of aldehydes is 1. The van der Waals surface area contributed by atoms with Crippen LogP contribution in [0.2, 0.25) is 0 Å². The standard InChI is InChI=1S/C10H8ClNOS/c11-4-8-9(12)7-3-1-2-6(5-13)10(7)14-8/h1-3,5H,4,12H2. The smallest absolute Gasteiger partial charge is 0.151 e. The van der Waals surface area contributed by atoms with Gasteiger partial charge in [0.15, 0.2) is 6.29 Å². The monoisotopic (exact) mass is 225 g/mol. The van der Waals surface area contributed by atoms with Gasteiger partial charge in [0.05, 0.1) is 11.6 Å². The molecule has 2 aromatic rings. The quantitative estimate of drug-likeness (QED) is 0.631. The van der Waals surface area contributed by atoms with Crippen LogP contribution in [0, 0.1) is 0 Å². The molecular formula is C10H8ClNOS. The second-order valence-electron chi connectivity index (χ2n) is 2.91. The van der Waals surface area contributed by atoms with Crippen molar-refractivity contribution in [3.63, 3.8) is 0 Å². The van der Waals surface area contributed by atoms with E-state index in [1.807, 2.05) is 12.1 Å². The predicted octanol–water partition coefficient (Wildman–Crippen LogP) is 3.03. The molecule has 2 rings (SSSR count). The van der Waals surface area contributed by atoms with Crippen LogP contribution in [0.4, 0.5) is 5.69 Å². The zero-order chi connectivity index (χ0) is 10.1. The summed E-state index contributed by atoms with van der Waals surface area (Å²) < 4.78 is 0.927. The lowest BCUT2D eigenvalue weighted by molar-refractivity contribution is 0.112. The number of thiophene rings is 1. The second-order valence-corrected chi connectivity index (χ2v) is 4.29. The lowest BCUT2D eigenvalue weighted by Gasteiger charge is -1.93. The van der Waals surface area contributed by atoms with E-state index < -0.39 is 0 Å². The number of alkyl halides is 1. The zero-order valence-corrected chi connectivity index (χ0v) is 8.86. The molecule has 0 spiro atoms. The minimum atomic E-state index is 0.392. The van der Waals surface area contributed by atoms with Crippen LogP contribution >= 0.6 is 22.9 Å². The molecule has 1 aromatic heterocycles. The van der Waals surface area contributed by atoms with Crippen LogP contribution in [0.1, 0.15) is 15.2 Å². The highest BCUT2D eigenvalue weighted by molar-refractivity contribution is 7.20. The summed E-state index contributed by atoms with van der Waals surface area (Å²) in [6.45, 7) is 0. The Labute approximate surface area is 90.3 Å². The molecule has 0 atom stereocenters. The average molecular weight is 226 g/mol.